The monoisotopic (exact) mass is 546 g/mol. The molecule has 3 N–H and O–H groups in total. The summed E-state index contributed by atoms with van der Waals surface area (Å²) < 4.78 is 1.19. The molecule has 1 saturated carbocycles. The lowest BCUT2D eigenvalue weighted by Gasteiger charge is -2.30. The van der Waals surface area contributed by atoms with Crippen LogP contribution in [0.15, 0.2) is 48.5 Å². The van der Waals surface area contributed by atoms with Crippen molar-refractivity contribution in [2.75, 3.05) is 29.6 Å². The topological polar surface area (TPSA) is 65.1 Å². The average molecular weight is 546 g/mol. The van der Waals surface area contributed by atoms with Gasteiger partial charge in [-0.2, -0.15) is 4.98 Å². The van der Waals surface area contributed by atoms with Gasteiger partial charge in [-0.3, -0.25) is 0 Å². The van der Waals surface area contributed by atoms with Crippen molar-refractivity contribution in [3.05, 3.63) is 52.1 Å². The Morgan fingerprint density at radius 3 is 2.48 bits per heavy atom. The predicted molar refractivity (Wildman–Crippen MR) is 142 cm³/mol. The van der Waals surface area contributed by atoms with Crippen LogP contribution in [0.25, 0.3) is 10.9 Å². The molecule has 0 aliphatic heterocycles. The highest BCUT2D eigenvalue weighted by Crippen LogP contribution is 2.26. The smallest absolute Gasteiger partial charge is 0.225 e. The molecule has 2 aromatic carbocycles. The summed E-state index contributed by atoms with van der Waals surface area (Å²) in [4.78, 5) is 11.5. The van der Waals surface area contributed by atoms with Crippen LogP contribution in [-0.4, -0.2) is 41.3 Å². The highest BCUT2D eigenvalue weighted by atomic mass is 127. The standard InChI is InChI=1S/C23H27IN6S/c1-30(2)21-19-8-3-4-9-20(19)28-22(29-21)25-16-10-12-17(13-11-16)26-23(31)27-18-7-5-6-15(24)14-18/h3-9,14,16-17H,10-13H2,1-2H3,(H,25,28,29)(H2,26,27,31)/t16-,17+. The van der Waals surface area contributed by atoms with Crippen LogP contribution in [0.2, 0.25) is 0 Å². The van der Waals surface area contributed by atoms with E-state index >= 15 is 0 Å². The minimum absolute atomic E-state index is 0.367. The van der Waals surface area contributed by atoms with E-state index in [4.69, 9.17) is 22.2 Å². The molecular weight excluding hydrogens is 519 g/mol. The molecule has 1 aliphatic carbocycles. The van der Waals surface area contributed by atoms with E-state index in [1.807, 2.05) is 49.3 Å². The molecule has 1 heterocycles. The Morgan fingerprint density at radius 2 is 1.74 bits per heavy atom. The van der Waals surface area contributed by atoms with Gasteiger partial charge in [0.05, 0.1) is 5.52 Å². The van der Waals surface area contributed by atoms with E-state index in [1.165, 1.54) is 3.57 Å². The molecule has 0 atom stereocenters. The Morgan fingerprint density at radius 1 is 1.00 bits per heavy atom. The predicted octanol–water partition coefficient (Wildman–Crippen LogP) is 5.01. The summed E-state index contributed by atoms with van der Waals surface area (Å²) in [7, 11) is 4.03. The second kappa shape index (κ2) is 9.95. The first-order chi connectivity index (χ1) is 15.0. The number of hydrogen-bond acceptors (Lipinski definition) is 5. The van der Waals surface area contributed by atoms with E-state index < -0.39 is 0 Å². The number of benzene rings is 2. The molecule has 4 rings (SSSR count). The third-order valence-electron chi connectivity index (χ3n) is 5.48. The fourth-order valence-corrected chi connectivity index (χ4v) is 4.78. The molecule has 162 valence electrons. The third-order valence-corrected chi connectivity index (χ3v) is 6.38. The van der Waals surface area contributed by atoms with Crippen molar-refractivity contribution < 1.29 is 0 Å². The second-order valence-corrected chi connectivity index (χ2v) is 9.74. The van der Waals surface area contributed by atoms with Gasteiger partial charge in [0.25, 0.3) is 0 Å². The minimum Gasteiger partial charge on any atom is -0.362 e. The van der Waals surface area contributed by atoms with E-state index in [0.717, 1.165) is 48.1 Å². The first-order valence-corrected chi connectivity index (χ1v) is 12.0. The Labute approximate surface area is 202 Å². The van der Waals surface area contributed by atoms with Crippen LogP contribution in [0, 0.1) is 3.57 Å². The Kier molecular flexibility index (Phi) is 7.06. The van der Waals surface area contributed by atoms with E-state index in [2.05, 4.69) is 56.7 Å². The number of rotatable bonds is 5. The van der Waals surface area contributed by atoms with Crippen molar-refractivity contribution in [2.24, 2.45) is 0 Å². The van der Waals surface area contributed by atoms with Crippen LogP contribution in [0.3, 0.4) is 0 Å². The molecule has 0 amide bonds. The highest BCUT2D eigenvalue weighted by Gasteiger charge is 2.22. The molecule has 31 heavy (non-hydrogen) atoms. The maximum Gasteiger partial charge on any atom is 0.225 e. The number of hydrogen-bond donors (Lipinski definition) is 3. The molecule has 1 aliphatic rings. The molecular formula is C23H27IN6S. The van der Waals surface area contributed by atoms with Crippen LogP contribution >= 0.6 is 34.8 Å². The molecule has 0 radical (unpaired) electrons. The fourth-order valence-electron chi connectivity index (χ4n) is 3.95. The number of fused-ring (bicyclic) bond motifs is 1. The van der Waals surface area contributed by atoms with Gasteiger partial charge in [-0.1, -0.05) is 18.2 Å². The molecule has 1 fully saturated rings. The van der Waals surface area contributed by atoms with Crippen LogP contribution in [0.4, 0.5) is 17.5 Å². The minimum atomic E-state index is 0.367. The Hall–Kier alpha value is -2.20. The molecule has 6 nitrogen and oxygen atoms in total. The molecule has 0 unspecified atom stereocenters. The SMILES string of the molecule is CN(C)c1nc(N[C@H]2CC[C@@H](NC(=S)Nc3cccc(I)c3)CC2)nc2ccccc12. The Bertz CT molecular complexity index is 1060. The molecule has 0 bridgehead atoms. The summed E-state index contributed by atoms with van der Waals surface area (Å²) in [6, 6.07) is 17.1. The van der Waals surface area contributed by atoms with Crippen LogP contribution < -0.4 is 20.9 Å². The van der Waals surface area contributed by atoms with Crippen molar-refractivity contribution in [3.63, 3.8) is 0 Å². The summed E-state index contributed by atoms with van der Waals surface area (Å²) >= 11 is 7.82. The van der Waals surface area contributed by atoms with Gasteiger partial charge in [-0.05, 0) is 90.8 Å². The van der Waals surface area contributed by atoms with Gasteiger partial charge in [0, 0.05) is 40.8 Å². The van der Waals surface area contributed by atoms with E-state index in [9.17, 15) is 0 Å². The lowest BCUT2D eigenvalue weighted by molar-refractivity contribution is 0.387. The van der Waals surface area contributed by atoms with Gasteiger partial charge in [0.1, 0.15) is 5.82 Å². The number of nitrogens with zero attached hydrogens (tertiary/aromatic N) is 3. The number of anilines is 3. The van der Waals surface area contributed by atoms with Crippen molar-refractivity contribution in [1.82, 2.24) is 15.3 Å². The number of nitrogens with one attached hydrogen (secondary N) is 3. The van der Waals surface area contributed by atoms with Crippen molar-refractivity contribution in [2.45, 2.75) is 37.8 Å². The maximum atomic E-state index is 5.51. The second-order valence-electron chi connectivity index (χ2n) is 8.08. The lowest BCUT2D eigenvalue weighted by Crippen LogP contribution is -2.42. The zero-order valence-corrected chi connectivity index (χ0v) is 20.7. The zero-order valence-electron chi connectivity index (χ0n) is 17.7. The summed E-state index contributed by atoms with van der Waals surface area (Å²) in [5.74, 6) is 1.64. The molecule has 0 spiro atoms. The number of aromatic nitrogens is 2. The molecule has 3 aromatic rings. The van der Waals surface area contributed by atoms with Crippen LogP contribution in [-0.2, 0) is 0 Å². The molecule has 8 heteroatoms. The summed E-state index contributed by atoms with van der Waals surface area (Å²) in [5.41, 5.74) is 1.98. The van der Waals surface area contributed by atoms with E-state index in [1.54, 1.807) is 0 Å². The Balaban J connectivity index is 1.32. The number of para-hydroxylation sites is 1. The van der Waals surface area contributed by atoms with Gasteiger partial charge in [0.15, 0.2) is 5.11 Å². The summed E-state index contributed by atoms with van der Waals surface area (Å²) in [5, 5.41) is 12.1. The van der Waals surface area contributed by atoms with Crippen molar-refractivity contribution in [1.29, 1.82) is 0 Å². The lowest BCUT2D eigenvalue weighted by atomic mass is 9.91. The zero-order chi connectivity index (χ0) is 21.8. The van der Waals surface area contributed by atoms with Gasteiger partial charge in [0.2, 0.25) is 5.95 Å². The van der Waals surface area contributed by atoms with E-state index in [-0.39, 0.29) is 0 Å². The first kappa shape index (κ1) is 22.0. The average Bonchev–Trinajstić information content (AvgIpc) is 2.74. The summed E-state index contributed by atoms with van der Waals surface area (Å²) in [6.07, 6.45) is 4.22. The van der Waals surface area contributed by atoms with E-state index in [0.29, 0.717) is 23.1 Å². The van der Waals surface area contributed by atoms with Crippen molar-refractivity contribution >= 4 is 68.3 Å². The van der Waals surface area contributed by atoms with Crippen LogP contribution in [0.5, 0.6) is 0 Å². The largest absolute Gasteiger partial charge is 0.362 e. The van der Waals surface area contributed by atoms with Gasteiger partial charge < -0.3 is 20.9 Å². The third kappa shape index (κ3) is 5.74. The highest BCUT2D eigenvalue weighted by molar-refractivity contribution is 14.1. The van der Waals surface area contributed by atoms with Gasteiger partial charge in [-0.15, -0.1) is 0 Å². The normalized spacial score (nSPS) is 18.4. The summed E-state index contributed by atoms with van der Waals surface area (Å²) in [6.45, 7) is 0. The maximum absolute atomic E-state index is 5.51. The quantitative estimate of drug-likeness (QED) is 0.307. The number of halogens is 1. The molecule has 1 aromatic heterocycles. The number of thiocarbonyl (C=S) groups is 1. The van der Waals surface area contributed by atoms with Gasteiger partial charge in [-0.25, -0.2) is 4.98 Å². The fraction of sp³-hybridized carbons (Fsp3) is 0.348. The van der Waals surface area contributed by atoms with Crippen molar-refractivity contribution in [3.8, 4) is 0 Å². The van der Waals surface area contributed by atoms with Crippen LogP contribution in [0.1, 0.15) is 25.7 Å². The molecule has 0 saturated heterocycles. The van der Waals surface area contributed by atoms with Gasteiger partial charge >= 0.3 is 0 Å². The first-order valence-electron chi connectivity index (χ1n) is 10.5.